The van der Waals surface area contributed by atoms with E-state index in [9.17, 15) is 4.79 Å². The Bertz CT molecular complexity index is 767. The largest absolute Gasteiger partial charge is 0.493 e. The molecule has 3 aliphatic rings. The Morgan fingerprint density at radius 1 is 1.33 bits per heavy atom. The third kappa shape index (κ3) is 3.59. The van der Waals surface area contributed by atoms with E-state index < -0.39 is 0 Å². The van der Waals surface area contributed by atoms with Crippen LogP contribution >= 0.6 is 0 Å². The summed E-state index contributed by atoms with van der Waals surface area (Å²) < 4.78 is 11.9. The number of carbonyl (C=O) groups excluding carboxylic acids is 1. The van der Waals surface area contributed by atoms with Crippen molar-refractivity contribution in [3.05, 3.63) is 42.0 Å². The molecule has 1 amide bonds. The van der Waals surface area contributed by atoms with E-state index in [1.165, 1.54) is 0 Å². The summed E-state index contributed by atoms with van der Waals surface area (Å²) in [6.07, 6.45) is 7.20. The normalized spacial score (nSPS) is 32.1. The van der Waals surface area contributed by atoms with Gasteiger partial charge < -0.3 is 14.4 Å². The van der Waals surface area contributed by atoms with Crippen LogP contribution in [0.15, 0.2) is 36.4 Å². The van der Waals surface area contributed by atoms with Crippen LogP contribution in [-0.4, -0.2) is 43.2 Å². The van der Waals surface area contributed by atoms with Gasteiger partial charge in [0.2, 0.25) is 5.91 Å². The molecule has 1 unspecified atom stereocenters. The lowest BCUT2D eigenvalue weighted by Gasteiger charge is -2.34. The van der Waals surface area contributed by atoms with E-state index in [4.69, 9.17) is 14.7 Å². The van der Waals surface area contributed by atoms with E-state index in [0.717, 1.165) is 31.6 Å². The van der Waals surface area contributed by atoms with Gasteiger partial charge in [-0.15, -0.1) is 0 Å². The highest BCUT2D eigenvalue weighted by Crippen LogP contribution is 2.39. The van der Waals surface area contributed by atoms with Crippen LogP contribution in [0.2, 0.25) is 0 Å². The molecule has 2 fully saturated rings. The molecule has 1 aromatic rings. The third-order valence-electron chi connectivity index (χ3n) is 6.29. The van der Waals surface area contributed by atoms with E-state index in [-0.39, 0.29) is 17.4 Å². The highest BCUT2D eigenvalue weighted by Gasteiger charge is 2.48. The summed E-state index contributed by atoms with van der Waals surface area (Å²) in [7, 11) is 0. The molecule has 0 bridgehead atoms. The number of allylic oxidation sites excluding steroid dienone is 2. The van der Waals surface area contributed by atoms with Gasteiger partial charge in [0.05, 0.1) is 36.4 Å². The summed E-state index contributed by atoms with van der Waals surface area (Å²) >= 11 is 0. The molecule has 0 saturated carbocycles. The van der Waals surface area contributed by atoms with Crippen molar-refractivity contribution in [1.82, 2.24) is 4.90 Å². The lowest BCUT2D eigenvalue weighted by molar-refractivity contribution is -0.141. The molecule has 0 N–H and O–H groups in total. The van der Waals surface area contributed by atoms with Crippen LogP contribution in [0.5, 0.6) is 5.75 Å². The molecule has 142 valence electrons. The lowest BCUT2D eigenvalue weighted by atomic mass is 9.77. The van der Waals surface area contributed by atoms with Crippen LogP contribution < -0.4 is 4.74 Å². The molecule has 2 heterocycles. The Kier molecular flexibility index (Phi) is 4.92. The first-order chi connectivity index (χ1) is 13.1. The van der Waals surface area contributed by atoms with E-state index >= 15 is 0 Å². The molecule has 1 aromatic carbocycles. The fourth-order valence-electron chi connectivity index (χ4n) is 4.51. The lowest BCUT2D eigenvalue weighted by Crippen LogP contribution is -2.42. The predicted octanol–water partition coefficient (Wildman–Crippen LogP) is 3.16. The Hall–Kier alpha value is -2.32. The van der Waals surface area contributed by atoms with E-state index in [1.54, 1.807) is 12.1 Å². The Morgan fingerprint density at radius 2 is 2.15 bits per heavy atom. The van der Waals surface area contributed by atoms with Crippen molar-refractivity contribution in [2.24, 2.45) is 17.3 Å². The van der Waals surface area contributed by atoms with Crippen molar-refractivity contribution >= 4 is 5.91 Å². The Labute approximate surface area is 160 Å². The van der Waals surface area contributed by atoms with Crippen molar-refractivity contribution in [2.75, 3.05) is 26.3 Å². The van der Waals surface area contributed by atoms with Crippen LogP contribution in [0, 0.1) is 28.6 Å². The number of hydrogen-bond donors (Lipinski definition) is 0. The van der Waals surface area contributed by atoms with Gasteiger partial charge in [-0.1, -0.05) is 19.1 Å². The van der Waals surface area contributed by atoms with Gasteiger partial charge in [0.1, 0.15) is 5.75 Å². The van der Waals surface area contributed by atoms with Crippen molar-refractivity contribution in [1.29, 1.82) is 5.26 Å². The zero-order valence-electron chi connectivity index (χ0n) is 15.8. The number of hydrogen-bond acceptors (Lipinski definition) is 4. The van der Waals surface area contributed by atoms with Gasteiger partial charge in [0.15, 0.2) is 0 Å². The highest BCUT2D eigenvalue weighted by atomic mass is 16.5. The molecule has 2 aliphatic heterocycles. The maximum atomic E-state index is 13.1. The molecule has 27 heavy (non-hydrogen) atoms. The molecular weight excluding hydrogens is 340 g/mol. The first-order valence-corrected chi connectivity index (χ1v) is 9.78. The van der Waals surface area contributed by atoms with E-state index in [1.807, 2.05) is 17.0 Å². The zero-order chi connectivity index (χ0) is 18.9. The van der Waals surface area contributed by atoms with Gasteiger partial charge in [-0.3, -0.25) is 4.79 Å². The van der Waals surface area contributed by atoms with Gasteiger partial charge in [-0.05, 0) is 43.5 Å². The number of carbonyl (C=O) groups is 1. The molecule has 1 aliphatic carbocycles. The summed E-state index contributed by atoms with van der Waals surface area (Å²) in [6, 6.07) is 9.29. The zero-order valence-corrected chi connectivity index (χ0v) is 15.8. The number of likely N-dealkylation sites (tertiary alicyclic amines) is 1. The smallest absolute Gasteiger partial charge is 0.228 e. The standard InChI is InChI=1S/C22H26N2O3/c1-22(9-3-2-4-10-22)21(25)24-12-19-17(15-27-20(19)13-24)14-26-18-7-5-16(11-23)6-8-18/h2-3,5-8,17,19-20H,4,9-10,12-15H2,1H3/t17-,19-,20-,22?/m1/s1. The predicted molar refractivity (Wildman–Crippen MR) is 101 cm³/mol. The van der Waals surface area contributed by atoms with Gasteiger partial charge >= 0.3 is 0 Å². The monoisotopic (exact) mass is 366 g/mol. The topological polar surface area (TPSA) is 62.6 Å². The fraction of sp³-hybridized carbons (Fsp3) is 0.545. The number of ether oxygens (including phenoxy) is 2. The SMILES string of the molecule is CC1(C(=O)N2C[C@@H]3[C@H](COc4ccc(C#N)cc4)CO[C@@H]3C2)CC=CCC1. The first kappa shape index (κ1) is 18.1. The van der Waals surface area contributed by atoms with Gasteiger partial charge in [0, 0.05) is 24.9 Å². The van der Waals surface area contributed by atoms with Crippen molar-refractivity contribution < 1.29 is 14.3 Å². The molecule has 4 rings (SSSR count). The summed E-state index contributed by atoms with van der Waals surface area (Å²) in [5.74, 6) is 1.68. The Morgan fingerprint density at radius 3 is 2.85 bits per heavy atom. The average Bonchev–Trinajstić information content (AvgIpc) is 3.28. The fourth-order valence-corrected chi connectivity index (χ4v) is 4.51. The maximum absolute atomic E-state index is 13.1. The number of rotatable bonds is 4. The summed E-state index contributed by atoms with van der Waals surface area (Å²) in [5.41, 5.74) is 0.365. The average molecular weight is 366 g/mol. The minimum absolute atomic E-state index is 0.131. The summed E-state index contributed by atoms with van der Waals surface area (Å²) in [5, 5.41) is 8.87. The second-order valence-corrected chi connectivity index (χ2v) is 8.23. The van der Waals surface area contributed by atoms with Crippen LogP contribution in [0.25, 0.3) is 0 Å². The van der Waals surface area contributed by atoms with Crippen molar-refractivity contribution in [3.8, 4) is 11.8 Å². The van der Waals surface area contributed by atoms with Crippen LogP contribution in [0.4, 0.5) is 0 Å². The van der Waals surface area contributed by atoms with E-state index in [2.05, 4.69) is 25.1 Å². The number of nitrogens with zero attached hydrogens (tertiary/aromatic N) is 2. The third-order valence-corrected chi connectivity index (χ3v) is 6.29. The minimum Gasteiger partial charge on any atom is -0.493 e. The van der Waals surface area contributed by atoms with Gasteiger partial charge in [-0.25, -0.2) is 0 Å². The van der Waals surface area contributed by atoms with Crippen LogP contribution in [0.3, 0.4) is 0 Å². The highest BCUT2D eigenvalue weighted by molar-refractivity contribution is 5.83. The number of amides is 1. The minimum atomic E-state index is -0.262. The van der Waals surface area contributed by atoms with Crippen LogP contribution in [0.1, 0.15) is 31.7 Å². The molecule has 0 spiro atoms. The second kappa shape index (κ2) is 7.36. The number of nitriles is 1. The van der Waals surface area contributed by atoms with Crippen LogP contribution in [-0.2, 0) is 9.53 Å². The maximum Gasteiger partial charge on any atom is 0.228 e. The van der Waals surface area contributed by atoms with Crippen molar-refractivity contribution in [3.63, 3.8) is 0 Å². The molecule has 0 aromatic heterocycles. The second-order valence-electron chi connectivity index (χ2n) is 8.23. The molecule has 5 heteroatoms. The van der Waals surface area contributed by atoms with Gasteiger partial charge in [-0.2, -0.15) is 5.26 Å². The summed E-state index contributed by atoms with van der Waals surface area (Å²) in [4.78, 5) is 15.1. The Balaban J connectivity index is 1.34. The summed E-state index contributed by atoms with van der Waals surface area (Å²) in [6.45, 7) is 4.84. The van der Waals surface area contributed by atoms with Gasteiger partial charge in [0.25, 0.3) is 0 Å². The molecule has 0 radical (unpaired) electrons. The quantitative estimate of drug-likeness (QED) is 0.768. The number of fused-ring (bicyclic) bond motifs is 1. The number of benzene rings is 1. The molecule has 4 atom stereocenters. The molecular formula is C22H26N2O3. The van der Waals surface area contributed by atoms with E-state index in [0.29, 0.717) is 37.2 Å². The first-order valence-electron chi connectivity index (χ1n) is 9.78. The molecule has 5 nitrogen and oxygen atoms in total. The molecule has 2 saturated heterocycles. The van der Waals surface area contributed by atoms with Crippen molar-refractivity contribution in [2.45, 2.75) is 32.3 Å².